The molecule has 0 unspecified atom stereocenters. The van der Waals surface area contributed by atoms with Crippen LogP contribution in [-0.4, -0.2) is 23.6 Å². The standard InChI is InChI=1S/C16H20N2O3/c1-11-13(10-17-15(19)8-9-16(20)21-3)12-6-4-5-7-14(12)18(11)2/h4-7H,8-10H2,1-3H3,(H,17,19). The number of methoxy groups -OCH3 is 1. The Balaban J connectivity index is 2.05. The third-order valence-corrected chi connectivity index (χ3v) is 3.78. The van der Waals surface area contributed by atoms with Gasteiger partial charge in [0.1, 0.15) is 0 Å². The zero-order valence-electron chi connectivity index (χ0n) is 12.6. The number of hydrogen-bond donors (Lipinski definition) is 1. The molecule has 5 heteroatoms. The van der Waals surface area contributed by atoms with Gasteiger partial charge in [-0.05, 0) is 18.6 Å². The Morgan fingerprint density at radius 2 is 1.95 bits per heavy atom. The number of aryl methyl sites for hydroxylation is 1. The molecule has 2 aromatic rings. The first-order valence-electron chi connectivity index (χ1n) is 6.91. The van der Waals surface area contributed by atoms with Crippen LogP contribution in [-0.2, 0) is 27.9 Å². The van der Waals surface area contributed by atoms with Gasteiger partial charge in [0, 0.05) is 36.6 Å². The van der Waals surface area contributed by atoms with Crippen LogP contribution in [0.1, 0.15) is 24.1 Å². The van der Waals surface area contributed by atoms with E-state index in [2.05, 4.69) is 26.8 Å². The van der Waals surface area contributed by atoms with Crippen LogP contribution in [0.25, 0.3) is 10.9 Å². The molecule has 1 aromatic carbocycles. The monoisotopic (exact) mass is 288 g/mol. The number of carbonyl (C=O) groups excluding carboxylic acids is 2. The van der Waals surface area contributed by atoms with E-state index in [1.54, 1.807) is 0 Å². The van der Waals surface area contributed by atoms with Gasteiger partial charge in [-0.15, -0.1) is 0 Å². The molecule has 0 bridgehead atoms. The summed E-state index contributed by atoms with van der Waals surface area (Å²) in [5, 5.41) is 4.01. The van der Waals surface area contributed by atoms with E-state index in [9.17, 15) is 9.59 Å². The molecule has 0 aliphatic carbocycles. The lowest BCUT2D eigenvalue weighted by atomic mass is 10.1. The Bertz CT molecular complexity index is 673. The minimum atomic E-state index is -0.369. The first-order chi connectivity index (χ1) is 10.0. The fraction of sp³-hybridized carbons (Fsp3) is 0.375. The summed E-state index contributed by atoms with van der Waals surface area (Å²) in [4.78, 5) is 22.8. The van der Waals surface area contributed by atoms with E-state index in [0.717, 1.165) is 22.2 Å². The van der Waals surface area contributed by atoms with Crippen molar-refractivity contribution in [1.82, 2.24) is 9.88 Å². The van der Waals surface area contributed by atoms with Gasteiger partial charge in [0.25, 0.3) is 0 Å². The summed E-state index contributed by atoms with van der Waals surface area (Å²) >= 11 is 0. The summed E-state index contributed by atoms with van der Waals surface area (Å²) in [6.07, 6.45) is 0.257. The molecule has 0 atom stereocenters. The van der Waals surface area contributed by atoms with Crippen molar-refractivity contribution in [3.05, 3.63) is 35.5 Å². The molecule has 0 fully saturated rings. The molecular formula is C16H20N2O3. The van der Waals surface area contributed by atoms with E-state index in [0.29, 0.717) is 6.54 Å². The van der Waals surface area contributed by atoms with Crippen molar-refractivity contribution >= 4 is 22.8 Å². The number of hydrogen-bond acceptors (Lipinski definition) is 3. The summed E-state index contributed by atoms with van der Waals surface area (Å²) in [7, 11) is 3.33. The molecular weight excluding hydrogens is 268 g/mol. The lowest BCUT2D eigenvalue weighted by molar-refractivity contribution is -0.142. The van der Waals surface area contributed by atoms with E-state index < -0.39 is 0 Å². The summed E-state index contributed by atoms with van der Waals surface area (Å²) in [6.45, 7) is 2.50. The second-order valence-corrected chi connectivity index (χ2v) is 4.99. The number of para-hydroxylation sites is 1. The average Bonchev–Trinajstić information content (AvgIpc) is 2.75. The minimum Gasteiger partial charge on any atom is -0.469 e. The highest BCUT2D eigenvalue weighted by Gasteiger charge is 2.12. The fourth-order valence-electron chi connectivity index (χ4n) is 2.42. The van der Waals surface area contributed by atoms with Gasteiger partial charge in [0.2, 0.25) is 5.91 Å². The molecule has 0 spiro atoms. The molecule has 112 valence electrons. The molecule has 2 rings (SSSR count). The van der Waals surface area contributed by atoms with Crippen LogP contribution in [0.4, 0.5) is 0 Å². The fourth-order valence-corrected chi connectivity index (χ4v) is 2.42. The zero-order valence-corrected chi connectivity index (χ0v) is 12.6. The molecule has 1 heterocycles. The van der Waals surface area contributed by atoms with Crippen LogP contribution < -0.4 is 5.32 Å². The van der Waals surface area contributed by atoms with Gasteiger partial charge < -0.3 is 14.6 Å². The molecule has 1 aromatic heterocycles. The number of esters is 1. The van der Waals surface area contributed by atoms with Gasteiger partial charge in [-0.3, -0.25) is 9.59 Å². The van der Waals surface area contributed by atoms with Gasteiger partial charge >= 0.3 is 5.97 Å². The van der Waals surface area contributed by atoms with Crippen LogP contribution in [0.5, 0.6) is 0 Å². The number of rotatable bonds is 5. The van der Waals surface area contributed by atoms with E-state index in [-0.39, 0.29) is 24.7 Å². The number of nitrogens with one attached hydrogen (secondary N) is 1. The number of fused-ring (bicyclic) bond motifs is 1. The number of aromatic nitrogens is 1. The Labute approximate surface area is 123 Å². The van der Waals surface area contributed by atoms with Crippen LogP contribution in [0.3, 0.4) is 0 Å². The van der Waals surface area contributed by atoms with E-state index in [1.165, 1.54) is 7.11 Å². The predicted octanol–water partition coefficient (Wildman–Crippen LogP) is 2.06. The molecule has 0 saturated heterocycles. The van der Waals surface area contributed by atoms with Crippen LogP contribution in [0.2, 0.25) is 0 Å². The first-order valence-corrected chi connectivity index (χ1v) is 6.91. The van der Waals surface area contributed by atoms with Crippen molar-refractivity contribution in [2.75, 3.05) is 7.11 Å². The summed E-state index contributed by atoms with van der Waals surface area (Å²) in [6, 6.07) is 8.11. The molecule has 0 saturated carbocycles. The van der Waals surface area contributed by atoms with Gasteiger partial charge in [0.05, 0.1) is 13.5 Å². The molecule has 1 N–H and O–H groups in total. The Hall–Kier alpha value is -2.30. The molecule has 5 nitrogen and oxygen atoms in total. The quantitative estimate of drug-likeness (QED) is 0.857. The molecule has 21 heavy (non-hydrogen) atoms. The van der Waals surface area contributed by atoms with E-state index in [1.807, 2.05) is 26.1 Å². The van der Waals surface area contributed by atoms with E-state index >= 15 is 0 Å². The Kier molecular flexibility index (Phi) is 4.62. The Morgan fingerprint density at radius 3 is 2.67 bits per heavy atom. The number of ether oxygens (including phenoxy) is 1. The van der Waals surface area contributed by atoms with Gasteiger partial charge in [0.15, 0.2) is 0 Å². The predicted molar refractivity (Wildman–Crippen MR) is 80.8 cm³/mol. The normalized spacial score (nSPS) is 10.6. The van der Waals surface area contributed by atoms with Crippen molar-refractivity contribution in [2.45, 2.75) is 26.3 Å². The molecule has 0 aliphatic rings. The largest absolute Gasteiger partial charge is 0.469 e. The summed E-state index contributed by atoms with van der Waals surface area (Å²) < 4.78 is 6.64. The zero-order chi connectivity index (χ0) is 15.4. The maximum atomic E-state index is 11.8. The second-order valence-electron chi connectivity index (χ2n) is 4.99. The highest BCUT2D eigenvalue weighted by molar-refractivity contribution is 5.86. The van der Waals surface area contributed by atoms with Crippen molar-refractivity contribution < 1.29 is 14.3 Å². The molecule has 0 radical (unpaired) electrons. The first kappa shape index (κ1) is 15.1. The lowest BCUT2D eigenvalue weighted by Gasteiger charge is -2.06. The van der Waals surface area contributed by atoms with Crippen molar-refractivity contribution in [2.24, 2.45) is 7.05 Å². The average molecular weight is 288 g/mol. The third kappa shape index (κ3) is 3.24. The van der Waals surface area contributed by atoms with Crippen LogP contribution >= 0.6 is 0 Å². The highest BCUT2D eigenvalue weighted by atomic mass is 16.5. The van der Waals surface area contributed by atoms with Gasteiger partial charge in [-0.1, -0.05) is 18.2 Å². The summed E-state index contributed by atoms with van der Waals surface area (Å²) in [5.74, 6) is -0.515. The Morgan fingerprint density at radius 1 is 1.24 bits per heavy atom. The highest BCUT2D eigenvalue weighted by Crippen LogP contribution is 2.24. The topological polar surface area (TPSA) is 60.3 Å². The smallest absolute Gasteiger partial charge is 0.306 e. The van der Waals surface area contributed by atoms with Gasteiger partial charge in [-0.2, -0.15) is 0 Å². The second kappa shape index (κ2) is 6.43. The third-order valence-electron chi connectivity index (χ3n) is 3.78. The molecule has 0 aliphatic heterocycles. The molecule has 1 amide bonds. The van der Waals surface area contributed by atoms with Crippen molar-refractivity contribution in [1.29, 1.82) is 0 Å². The minimum absolute atomic E-state index is 0.108. The van der Waals surface area contributed by atoms with Crippen molar-refractivity contribution in [3.8, 4) is 0 Å². The summed E-state index contributed by atoms with van der Waals surface area (Å²) in [5.41, 5.74) is 3.39. The van der Waals surface area contributed by atoms with Crippen LogP contribution in [0.15, 0.2) is 24.3 Å². The maximum absolute atomic E-state index is 11.8. The SMILES string of the molecule is COC(=O)CCC(=O)NCc1c(C)n(C)c2ccccc12. The number of nitrogens with zero attached hydrogens (tertiary/aromatic N) is 1. The number of benzene rings is 1. The van der Waals surface area contributed by atoms with Crippen LogP contribution in [0, 0.1) is 6.92 Å². The van der Waals surface area contributed by atoms with Crippen molar-refractivity contribution in [3.63, 3.8) is 0 Å². The lowest BCUT2D eigenvalue weighted by Crippen LogP contribution is -2.23. The number of amides is 1. The van der Waals surface area contributed by atoms with E-state index in [4.69, 9.17) is 0 Å². The van der Waals surface area contributed by atoms with Gasteiger partial charge in [-0.25, -0.2) is 0 Å². The number of carbonyl (C=O) groups is 2. The maximum Gasteiger partial charge on any atom is 0.306 e.